The highest BCUT2D eigenvalue weighted by atomic mass is 16.5. The molecule has 88 valence electrons. The molecule has 1 N–H and O–H groups in total. The smallest absolute Gasteiger partial charge is 0.189 e. The molecule has 1 saturated heterocycles. The molecule has 2 aromatic rings. The molecular formula is C14H9NO3. The molecule has 1 aromatic carbocycles. The van der Waals surface area contributed by atoms with Crippen molar-refractivity contribution in [3.8, 4) is 0 Å². The summed E-state index contributed by atoms with van der Waals surface area (Å²) < 4.78 is 5.25. The number of benzene rings is 1. The molecule has 1 atom stereocenters. The summed E-state index contributed by atoms with van der Waals surface area (Å²) in [5.41, 5.74) is 1.41. The lowest BCUT2D eigenvalue weighted by atomic mass is 9.98. The monoisotopic (exact) mass is 239 g/mol. The number of para-hydroxylation sites is 1. The van der Waals surface area contributed by atoms with Gasteiger partial charge in [-0.25, -0.2) is 0 Å². The summed E-state index contributed by atoms with van der Waals surface area (Å²) in [5.74, 6) is -0.248. The van der Waals surface area contributed by atoms with Crippen LogP contribution in [-0.2, 0) is 14.3 Å². The first-order chi connectivity index (χ1) is 8.75. The highest BCUT2D eigenvalue weighted by molar-refractivity contribution is 6.30. The number of rotatable bonds is 0. The molecule has 4 rings (SSSR count). The predicted octanol–water partition coefficient (Wildman–Crippen LogP) is -0.350. The second-order valence-corrected chi connectivity index (χ2v) is 4.53. The summed E-state index contributed by atoms with van der Waals surface area (Å²) in [6, 6.07) is 7.71. The fraction of sp³-hybridized carbons (Fsp3) is 0.143. The van der Waals surface area contributed by atoms with Crippen LogP contribution in [-0.4, -0.2) is 29.3 Å². The quantitative estimate of drug-likeness (QED) is 0.683. The standard InChI is InChI=1S/C14H9NO3/c16-10-5-8-7-3-1-2-4-9(7)15-13(8)12-11(17)6-18-14(10)12/h1-5,14-15H,6H2. The first-order valence-electron chi connectivity index (χ1n) is 5.77. The second kappa shape index (κ2) is 3.17. The summed E-state index contributed by atoms with van der Waals surface area (Å²) in [6.45, 7) is -0.00557. The Kier molecular flexibility index (Phi) is 1.73. The van der Waals surface area contributed by atoms with Gasteiger partial charge in [-0.05, 0) is 12.1 Å². The van der Waals surface area contributed by atoms with Crippen LogP contribution >= 0.6 is 0 Å². The van der Waals surface area contributed by atoms with Gasteiger partial charge in [0.1, 0.15) is 6.61 Å². The Morgan fingerprint density at radius 3 is 2.94 bits per heavy atom. The molecule has 1 aliphatic carbocycles. The van der Waals surface area contributed by atoms with E-state index in [-0.39, 0.29) is 18.2 Å². The van der Waals surface area contributed by atoms with Crippen molar-refractivity contribution in [2.24, 2.45) is 0 Å². The molecule has 0 bridgehead atoms. The molecule has 4 heteroatoms. The highest BCUT2D eigenvalue weighted by Crippen LogP contribution is 2.20. The average molecular weight is 239 g/mol. The largest absolute Gasteiger partial charge is 0.357 e. The van der Waals surface area contributed by atoms with Gasteiger partial charge in [-0.3, -0.25) is 9.59 Å². The minimum absolute atomic E-state index is 0.00557. The van der Waals surface area contributed by atoms with Crippen LogP contribution in [0.25, 0.3) is 22.6 Å². The van der Waals surface area contributed by atoms with E-state index in [0.717, 1.165) is 21.5 Å². The van der Waals surface area contributed by atoms with Crippen LogP contribution in [0.1, 0.15) is 0 Å². The Morgan fingerprint density at radius 1 is 1.22 bits per heavy atom. The summed E-state index contributed by atoms with van der Waals surface area (Å²) in [4.78, 5) is 27.0. The number of aromatic nitrogens is 1. The molecule has 0 spiro atoms. The number of Topliss-reactive ketones (excluding diaryl/α,β-unsaturated/α-hetero) is 2. The molecule has 1 aliphatic heterocycles. The van der Waals surface area contributed by atoms with Crippen molar-refractivity contribution in [1.82, 2.24) is 4.98 Å². The highest BCUT2D eigenvalue weighted by Gasteiger charge is 2.37. The maximum atomic E-state index is 12.0. The van der Waals surface area contributed by atoms with Gasteiger partial charge in [0, 0.05) is 16.1 Å². The van der Waals surface area contributed by atoms with Crippen molar-refractivity contribution in [2.75, 3.05) is 6.61 Å². The summed E-state index contributed by atoms with van der Waals surface area (Å²) in [5, 5.41) is 2.51. The van der Waals surface area contributed by atoms with Crippen molar-refractivity contribution in [3.05, 3.63) is 34.8 Å². The van der Waals surface area contributed by atoms with Gasteiger partial charge in [0.05, 0.1) is 10.9 Å². The van der Waals surface area contributed by atoms with Crippen LogP contribution in [0.15, 0.2) is 24.3 Å². The van der Waals surface area contributed by atoms with Crippen LogP contribution in [0, 0.1) is 0 Å². The number of ether oxygens (including phenoxy) is 1. The lowest BCUT2D eigenvalue weighted by Crippen LogP contribution is -2.39. The molecule has 1 unspecified atom stereocenters. The Hall–Kier alpha value is -2.20. The molecular weight excluding hydrogens is 230 g/mol. The third-order valence-corrected chi connectivity index (χ3v) is 3.50. The normalized spacial score (nSPS) is 22.0. The van der Waals surface area contributed by atoms with Gasteiger partial charge in [-0.2, -0.15) is 0 Å². The average Bonchev–Trinajstić information content (AvgIpc) is 2.92. The Balaban J connectivity index is 2.28. The zero-order valence-corrected chi connectivity index (χ0v) is 9.40. The summed E-state index contributed by atoms with van der Waals surface area (Å²) >= 11 is 0. The third-order valence-electron chi connectivity index (χ3n) is 3.50. The number of H-pyrrole nitrogens is 1. The van der Waals surface area contributed by atoms with Crippen molar-refractivity contribution >= 4 is 34.1 Å². The van der Waals surface area contributed by atoms with Crippen molar-refractivity contribution in [2.45, 2.75) is 6.10 Å². The number of aromatic amines is 1. The van der Waals surface area contributed by atoms with Gasteiger partial charge in [-0.15, -0.1) is 0 Å². The van der Waals surface area contributed by atoms with E-state index in [1.165, 1.54) is 0 Å². The number of carbonyl (C=O) groups is 2. The van der Waals surface area contributed by atoms with Crippen molar-refractivity contribution in [1.29, 1.82) is 0 Å². The maximum absolute atomic E-state index is 12.0. The molecule has 18 heavy (non-hydrogen) atoms. The van der Waals surface area contributed by atoms with Gasteiger partial charge < -0.3 is 9.72 Å². The van der Waals surface area contributed by atoms with E-state index in [2.05, 4.69) is 4.98 Å². The van der Waals surface area contributed by atoms with E-state index in [4.69, 9.17) is 4.74 Å². The molecule has 2 heterocycles. The molecule has 0 saturated carbocycles. The molecule has 4 nitrogen and oxygen atoms in total. The SMILES string of the molecule is O=C1COC2C(=O)C=c3c([nH]c4ccccc34)=C12. The first kappa shape index (κ1) is 9.79. The number of ketones is 2. The number of nitrogens with one attached hydrogen (secondary N) is 1. The molecule has 2 aliphatic rings. The number of hydrogen-bond donors (Lipinski definition) is 1. The zero-order valence-electron chi connectivity index (χ0n) is 9.40. The lowest BCUT2D eigenvalue weighted by Gasteiger charge is -2.08. The van der Waals surface area contributed by atoms with Crippen LogP contribution in [0.5, 0.6) is 0 Å². The topological polar surface area (TPSA) is 59.2 Å². The second-order valence-electron chi connectivity index (χ2n) is 4.53. The van der Waals surface area contributed by atoms with Gasteiger partial charge in [-0.1, -0.05) is 18.2 Å². The van der Waals surface area contributed by atoms with E-state index < -0.39 is 6.10 Å². The van der Waals surface area contributed by atoms with E-state index in [1.54, 1.807) is 6.08 Å². The fourth-order valence-electron chi connectivity index (χ4n) is 2.71. The zero-order chi connectivity index (χ0) is 12.3. The fourth-order valence-corrected chi connectivity index (χ4v) is 2.71. The number of carbonyl (C=O) groups excluding carboxylic acids is 2. The van der Waals surface area contributed by atoms with Gasteiger partial charge in [0.15, 0.2) is 17.7 Å². The molecule has 0 radical (unpaired) electrons. The Labute approximate surface area is 102 Å². The minimum atomic E-state index is -0.710. The van der Waals surface area contributed by atoms with E-state index >= 15 is 0 Å². The molecule has 1 fully saturated rings. The van der Waals surface area contributed by atoms with Gasteiger partial charge >= 0.3 is 0 Å². The van der Waals surface area contributed by atoms with Gasteiger partial charge in [0.25, 0.3) is 0 Å². The summed E-state index contributed by atoms with van der Waals surface area (Å²) in [7, 11) is 0. The number of fused-ring (bicyclic) bond motifs is 4. The lowest BCUT2D eigenvalue weighted by molar-refractivity contribution is -0.120. The predicted molar refractivity (Wildman–Crippen MR) is 65.2 cm³/mol. The Bertz CT molecular complexity index is 828. The van der Waals surface area contributed by atoms with Crippen LogP contribution in [0.2, 0.25) is 0 Å². The summed E-state index contributed by atoms with van der Waals surface area (Å²) in [6.07, 6.45) is 0.860. The molecule has 1 aromatic heterocycles. The van der Waals surface area contributed by atoms with E-state index in [9.17, 15) is 9.59 Å². The van der Waals surface area contributed by atoms with Crippen molar-refractivity contribution < 1.29 is 14.3 Å². The third kappa shape index (κ3) is 1.08. The van der Waals surface area contributed by atoms with Gasteiger partial charge in [0.2, 0.25) is 0 Å². The van der Waals surface area contributed by atoms with Crippen LogP contribution in [0.4, 0.5) is 0 Å². The Morgan fingerprint density at radius 2 is 2.06 bits per heavy atom. The van der Waals surface area contributed by atoms with Crippen LogP contribution < -0.4 is 10.6 Å². The number of hydrogen-bond acceptors (Lipinski definition) is 3. The van der Waals surface area contributed by atoms with E-state index in [1.807, 2.05) is 24.3 Å². The van der Waals surface area contributed by atoms with E-state index in [0.29, 0.717) is 5.57 Å². The first-order valence-corrected chi connectivity index (χ1v) is 5.77. The van der Waals surface area contributed by atoms with Crippen molar-refractivity contribution in [3.63, 3.8) is 0 Å². The molecule has 0 amide bonds. The minimum Gasteiger partial charge on any atom is -0.357 e. The maximum Gasteiger partial charge on any atom is 0.189 e. The van der Waals surface area contributed by atoms with Crippen LogP contribution in [0.3, 0.4) is 0 Å².